The highest BCUT2D eigenvalue weighted by atomic mass is 16.7. The van der Waals surface area contributed by atoms with E-state index in [0.717, 1.165) is 35.7 Å². The Labute approximate surface area is 123 Å². The van der Waals surface area contributed by atoms with Crippen molar-refractivity contribution in [2.45, 2.75) is 20.0 Å². The minimum absolute atomic E-state index is 0.300. The summed E-state index contributed by atoms with van der Waals surface area (Å²) in [6.45, 7) is 4.34. The molecule has 2 aromatic rings. The highest BCUT2D eigenvalue weighted by Crippen LogP contribution is 2.35. The number of aromatic nitrogens is 1. The smallest absolute Gasteiger partial charge is 0.231 e. The molecule has 1 N–H and O–H groups in total. The van der Waals surface area contributed by atoms with Crippen molar-refractivity contribution in [3.05, 3.63) is 47.7 Å². The number of nitrogens with zero attached hydrogens (tertiary/aromatic N) is 1. The first-order valence-corrected chi connectivity index (χ1v) is 7.02. The van der Waals surface area contributed by atoms with Gasteiger partial charge in [0.05, 0.1) is 6.61 Å². The summed E-state index contributed by atoms with van der Waals surface area (Å²) in [7, 11) is 0. The van der Waals surface area contributed by atoms with Gasteiger partial charge in [0.1, 0.15) is 0 Å². The molecule has 3 rings (SSSR count). The van der Waals surface area contributed by atoms with Crippen LogP contribution in [0.4, 0.5) is 0 Å². The van der Waals surface area contributed by atoms with Gasteiger partial charge >= 0.3 is 0 Å². The van der Waals surface area contributed by atoms with Crippen LogP contribution in [-0.4, -0.2) is 18.4 Å². The Morgan fingerprint density at radius 1 is 1.24 bits per heavy atom. The third-order valence-corrected chi connectivity index (χ3v) is 3.21. The van der Waals surface area contributed by atoms with Crippen molar-refractivity contribution < 1.29 is 14.2 Å². The van der Waals surface area contributed by atoms with E-state index in [1.54, 1.807) is 6.20 Å². The highest BCUT2D eigenvalue weighted by molar-refractivity contribution is 5.48. The molecule has 0 bridgehead atoms. The number of hydrogen-bond acceptors (Lipinski definition) is 5. The fraction of sp³-hybridized carbons (Fsp3) is 0.312. The zero-order valence-electron chi connectivity index (χ0n) is 12.0. The van der Waals surface area contributed by atoms with Crippen LogP contribution in [0, 0.1) is 0 Å². The Hall–Kier alpha value is -2.27. The quantitative estimate of drug-likeness (QED) is 0.884. The van der Waals surface area contributed by atoms with Gasteiger partial charge in [-0.2, -0.15) is 0 Å². The van der Waals surface area contributed by atoms with Crippen LogP contribution in [0.1, 0.15) is 18.1 Å². The van der Waals surface area contributed by atoms with E-state index in [0.29, 0.717) is 19.3 Å². The van der Waals surface area contributed by atoms with E-state index < -0.39 is 0 Å². The number of nitrogens with one attached hydrogen (secondary N) is 1. The van der Waals surface area contributed by atoms with E-state index in [9.17, 15) is 0 Å². The molecule has 0 atom stereocenters. The molecule has 0 unspecified atom stereocenters. The number of benzene rings is 1. The van der Waals surface area contributed by atoms with Gasteiger partial charge in [-0.05, 0) is 24.6 Å². The zero-order chi connectivity index (χ0) is 14.5. The SMILES string of the molecule is CCOc1cc(CNCc2cccc3c2OCO3)ccn1. The molecule has 1 aromatic carbocycles. The van der Waals surface area contributed by atoms with Gasteiger partial charge in [-0.1, -0.05) is 12.1 Å². The maximum Gasteiger partial charge on any atom is 0.231 e. The van der Waals surface area contributed by atoms with Crippen LogP contribution in [0.5, 0.6) is 17.4 Å². The molecule has 5 nitrogen and oxygen atoms in total. The average Bonchev–Trinajstić information content (AvgIpc) is 2.97. The summed E-state index contributed by atoms with van der Waals surface area (Å²) in [5.74, 6) is 2.32. The van der Waals surface area contributed by atoms with Crippen molar-refractivity contribution in [1.29, 1.82) is 0 Å². The Bertz CT molecular complexity index is 616. The van der Waals surface area contributed by atoms with Crippen molar-refractivity contribution in [3.63, 3.8) is 0 Å². The van der Waals surface area contributed by atoms with E-state index >= 15 is 0 Å². The molecule has 0 amide bonds. The number of para-hydroxylation sites is 1. The molecule has 1 aromatic heterocycles. The lowest BCUT2D eigenvalue weighted by Crippen LogP contribution is -2.13. The molecular formula is C16H18N2O3. The van der Waals surface area contributed by atoms with Crippen LogP contribution >= 0.6 is 0 Å². The van der Waals surface area contributed by atoms with Crippen LogP contribution in [-0.2, 0) is 13.1 Å². The van der Waals surface area contributed by atoms with E-state index in [1.807, 2.05) is 37.3 Å². The summed E-state index contributed by atoms with van der Waals surface area (Å²) in [4.78, 5) is 4.16. The third-order valence-electron chi connectivity index (χ3n) is 3.21. The van der Waals surface area contributed by atoms with Crippen molar-refractivity contribution in [1.82, 2.24) is 10.3 Å². The molecular weight excluding hydrogens is 268 g/mol. The topological polar surface area (TPSA) is 52.6 Å². The number of fused-ring (bicyclic) bond motifs is 1. The second kappa shape index (κ2) is 6.45. The molecule has 0 spiro atoms. The zero-order valence-corrected chi connectivity index (χ0v) is 12.0. The van der Waals surface area contributed by atoms with Crippen LogP contribution in [0.3, 0.4) is 0 Å². The lowest BCUT2D eigenvalue weighted by atomic mass is 10.2. The first-order valence-electron chi connectivity index (χ1n) is 7.02. The normalized spacial score (nSPS) is 12.4. The Balaban J connectivity index is 1.59. The van der Waals surface area contributed by atoms with Gasteiger partial charge in [-0.15, -0.1) is 0 Å². The van der Waals surface area contributed by atoms with Crippen molar-refractivity contribution >= 4 is 0 Å². The summed E-state index contributed by atoms with van der Waals surface area (Å²) in [5, 5.41) is 3.40. The first-order chi connectivity index (χ1) is 10.4. The van der Waals surface area contributed by atoms with E-state index in [4.69, 9.17) is 14.2 Å². The van der Waals surface area contributed by atoms with Gasteiger partial charge in [0.15, 0.2) is 11.5 Å². The van der Waals surface area contributed by atoms with Gasteiger partial charge in [0.25, 0.3) is 0 Å². The molecule has 1 aliphatic rings. The van der Waals surface area contributed by atoms with Gasteiger partial charge < -0.3 is 19.5 Å². The lowest BCUT2D eigenvalue weighted by Gasteiger charge is -2.08. The highest BCUT2D eigenvalue weighted by Gasteiger charge is 2.16. The van der Waals surface area contributed by atoms with Crippen LogP contribution in [0.2, 0.25) is 0 Å². The lowest BCUT2D eigenvalue weighted by molar-refractivity contribution is 0.173. The van der Waals surface area contributed by atoms with Gasteiger partial charge in [0.2, 0.25) is 12.7 Å². The average molecular weight is 286 g/mol. The Morgan fingerprint density at radius 3 is 3.10 bits per heavy atom. The maximum absolute atomic E-state index is 5.49. The molecule has 110 valence electrons. The minimum Gasteiger partial charge on any atom is -0.478 e. The summed E-state index contributed by atoms with van der Waals surface area (Å²) in [5.41, 5.74) is 2.24. The molecule has 5 heteroatoms. The van der Waals surface area contributed by atoms with Crippen molar-refractivity contribution in [2.24, 2.45) is 0 Å². The molecule has 2 heterocycles. The van der Waals surface area contributed by atoms with Gasteiger partial charge in [0, 0.05) is 30.9 Å². The standard InChI is InChI=1S/C16H18N2O3/c1-2-19-15-8-12(6-7-18-15)9-17-10-13-4-3-5-14-16(13)21-11-20-14/h3-8,17H,2,9-11H2,1H3. The summed E-state index contributed by atoms with van der Waals surface area (Å²) >= 11 is 0. The molecule has 0 radical (unpaired) electrons. The van der Waals surface area contributed by atoms with Crippen LogP contribution in [0.15, 0.2) is 36.5 Å². The molecule has 0 saturated heterocycles. The Kier molecular flexibility index (Phi) is 4.21. The van der Waals surface area contributed by atoms with Gasteiger partial charge in [-0.25, -0.2) is 4.98 Å². The molecule has 0 saturated carbocycles. The third kappa shape index (κ3) is 3.25. The second-order valence-corrected chi connectivity index (χ2v) is 4.69. The molecule has 0 aliphatic carbocycles. The maximum atomic E-state index is 5.49. The van der Waals surface area contributed by atoms with Crippen molar-refractivity contribution in [3.8, 4) is 17.4 Å². The second-order valence-electron chi connectivity index (χ2n) is 4.69. The fourth-order valence-corrected chi connectivity index (χ4v) is 2.26. The largest absolute Gasteiger partial charge is 0.478 e. The molecule has 1 aliphatic heterocycles. The number of pyridine rings is 1. The number of ether oxygens (including phenoxy) is 3. The van der Waals surface area contributed by atoms with Crippen molar-refractivity contribution in [2.75, 3.05) is 13.4 Å². The monoisotopic (exact) mass is 286 g/mol. The van der Waals surface area contributed by atoms with Crippen LogP contribution < -0.4 is 19.5 Å². The van der Waals surface area contributed by atoms with Crippen LogP contribution in [0.25, 0.3) is 0 Å². The number of rotatable bonds is 6. The Morgan fingerprint density at radius 2 is 2.19 bits per heavy atom. The molecule has 21 heavy (non-hydrogen) atoms. The molecule has 0 fully saturated rings. The van der Waals surface area contributed by atoms with E-state index in [2.05, 4.69) is 10.3 Å². The number of hydrogen-bond donors (Lipinski definition) is 1. The summed E-state index contributed by atoms with van der Waals surface area (Å²) in [6.07, 6.45) is 1.76. The fourth-order valence-electron chi connectivity index (χ4n) is 2.26. The predicted molar refractivity (Wildman–Crippen MR) is 78.5 cm³/mol. The first kappa shape index (κ1) is 13.7. The summed E-state index contributed by atoms with van der Waals surface area (Å²) in [6, 6.07) is 9.86. The van der Waals surface area contributed by atoms with E-state index in [1.165, 1.54) is 0 Å². The minimum atomic E-state index is 0.300. The van der Waals surface area contributed by atoms with Gasteiger partial charge in [-0.3, -0.25) is 0 Å². The summed E-state index contributed by atoms with van der Waals surface area (Å²) < 4.78 is 16.3. The van der Waals surface area contributed by atoms with E-state index in [-0.39, 0.29) is 0 Å². The predicted octanol–water partition coefficient (Wildman–Crippen LogP) is 2.50.